The average molecular weight is 518 g/mol. The number of rotatable bonds is 10. The number of allylic oxidation sites excluding steroid dienone is 3. The van der Waals surface area contributed by atoms with Crippen molar-refractivity contribution in [3.63, 3.8) is 0 Å². The smallest absolute Gasteiger partial charge is 0.111 e. The molecule has 4 N–H and O–H groups in total. The molecule has 0 bridgehead atoms. The summed E-state index contributed by atoms with van der Waals surface area (Å²) in [4.78, 5) is 21.4. The van der Waals surface area contributed by atoms with E-state index in [1.807, 2.05) is 37.3 Å². The number of anilines is 2. The van der Waals surface area contributed by atoms with Crippen LogP contribution in [-0.4, -0.2) is 24.9 Å². The van der Waals surface area contributed by atoms with Gasteiger partial charge in [-0.2, -0.15) is 0 Å². The number of nitrogens with zero attached hydrogens (tertiary/aromatic N) is 4. The Hall–Kier alpha value is -4.96. The van der Waals surface area contributed by atoms with Crippen molar-refractivity contribution in [2.24, 2.45) is 5.92 Å². The highest BCUT2D eigenvalue weighted by Crippen LogP contribution is 2.28. The van der Waals surface area contributed by atoms with E-state index in [0.29, 0.717) is 18.0 Å². The highest BCUT2D eigenvalue weighted by Gasteiger charge is 2.15. The first-order valence-corrected chi connectivity index (χ1v) is 12.6. The highest BCUT2D eigenvalue weighted by atomic mass is 14.9. The third-order valence-electron chi connectivity index (χ3n) is 5.86. The largest absolute Gasteiger partial charge is 0.397 e. The number of terminal acetylenes is 1. The molecule has 4 rings (SSSR count). The zero-order valence-electron chi connectivity index (χ0n) is 22.8. The van der Waals surface area contributed by atoms with Gasteiger partial charge in [0.15, 0.2) is 0 Å². The molecule has 0 radical (unpaired) electrons. The molecule has 0 fully saturated rings. The lowest BCUT2D eigenvalue weighted by molar-refractivity contribution is 0.645. The maximum Gasteiger partial charge on any atom is 0.111 e. The fourth-order valence-electron chi connectivity index (χ4n) is 4.22. The van der Waals surface area contributed by atoms with Gasteiger partial charge >= 0.3 is 0 Å². The van der Waals surface area contributed by atoms with E-state index < -0.39 is 0 Å². The van der Waals surface area contributed by atoms with E-state index in [2.05, 4.69) is 65.1 Å². The van der Waals surface area contributed by atoms with E-state index >= 15 is 0 Å². The van der Waals surface area contributed by atoms with Crippen molar-refractivity contribution >= 4 is 16.9 Å². The third-order valence-corrected chi connectivity index (χ3v) is 5.86. The molecule has 39 heavy (non-hydrogen) atoms. The van der Waals surface area contributed by atoms with Crippen molar-refractivity contribution in [2.75, 3.05) is 11.1 Å². The molecule has 7 nitrogen and oxygen atoms in total. The molecule has 0 aliphatic carbocycles. The summed E-state index contributed by atoms with van der Waals surface area (Å²) < 4.78 is 0. The van der Waals surface area contributed by atoms with Crippen molar-refractivity contribution in [1.82, 2.24) is 24.9 Å². The molecule has 0 saturated carbocycles. The van der Waals surface area contributed by atoms with Crippen LogP contribution in [0.3, 0.4) is 0 Å². The van der Waals surface area contributed by atoms with Crippen LogP contribution in [-0.2, 0) is 6.42 Å². The number of pyridine rings is 3. The van der Waals surface area contributed by atoms with Gasteiger partial charge in [0, 0.05) is 47.5 Å². The zero-order valence-corrected chi connectivity index (χ0v) is 22.8. The summed E-state index contributed by atoms with van der Waals surface area (Å²) in [5, 5.41) is 3.35. The summed E-state index contributed by atoms with van der Waals surface area (Å²) in [5.41, 5.74) is 15.3. The van der Waals surface area contributed by atoms with Gasteiger partial charge in [-0.15, -0.1) is 12.8 Å². The van der Waals surface area contributed by atoms with Crippen LogP contribution in [0.4, 0.5) is 11.4 Å². The van der Waals surface area contributed by atoms with Crippen LogP contribution < -0.4 is 11.1 Å². The van der Waals surface area contributed by atoms with Gasteiger partial charge in [-0.1, -0.05) is 39.2 Å². The van der Waals surface area contributed by atoms with Crippen molar-refractivity contribution in [3.05, 3.63) is 115 Å². The fourth-order valence-corrected chi connectivity index (χ4v) is 4.22. The van der Waals surface area contributed by atoms with Gasteiger partial charge in [0.25, 0.3) is 0 Å². The standard InChI is InChI=1S/C30H33N7.C2H2/c1-6-7-26(22-8-10-32-11-9-22)30-21(5)36-29(37-30)15-23-14-28(34-18-27(23)31)24-13-25(17-33-16-24)35-20(4)12-19(2)3;1-2/h6-11,13-14,16-19,35H,1,4,12,15,31H2,2-3,5H3,(H,36,37);1-2H/b26-7-;. The summed E-state index contributed by atoms with van der Waals surface area (Å²) in [5.74, 6) is 1.34. The second-order valence-electron chi connectivity index (χ2n) is 9.44. The molecule has 0 unspecified atom stereocenters. The molecule has 4 aromatic rings. The minimum atomic E-state index is 0.524. The molecule has 198 valence electrons. The zero-order chi connectivity index (χ0) is 28.4. The minimum Gasteiger partial charge on any atom is -0.397 e. The van der Waals surface area contributed by atoms with Gasteiger partial charge in [0.05, 0.1) is 35.2 Å². The minimum absolute atomic E-state index is 0.524. The summed E-state index contributed by atoms with van der Waals surface area (Å²) in [6.07, 6.45) is 22.0. The Balaban J connectivity index is 0.00000205. The van der Waals surface area contributed by atoms with E-state index in [1.54, 1.807) is 37.1 Å². The van der Waals surface area contributed by atoms with E-state index in [4.69, 9.17) is 10.7 Å². The molecule has 0 atom stereocenters. The highest BCUT2D eigenvalue weighted by molar-refractivity contribution is 5.80. The number of nitrogens with one attached hydrogen (secondary N) is 2. The van der Waals surface area contributed by atoms with Crippen molar-refractivity contribution in [3.8, 4) is 24.1 Å². The number of nitrogens with two attached hydrogens (primary N) is 1. The van der Waals surface area contributed by atoms with Crippen LogP contribution in [0.5, 0.6) is 0 Å². The number of hydrogen-bond donors (Lipinski definition) is 3. The van der Waals surface area contributed by atoms with Gasteiger partial charge in [-0.3, -0.25) is 15.0 Å². The number of aromatic nitrogens is 5. The molecule has 0 amide bonds. The molecular formula is C32H35N7. The normalized spacial score (nSPS) is 11.0. The van der Waals surface area contributed by atoms with Crippen LogP contribution in [0.2, 0.25) is 0 Å². The number of imidazole rings is 1. The molecule has 7 heteroatoms. The van der Waals surface area contributed by atoms with Gasteiger partial charge < -0.3 is 16.0 Å². The lowest BCUT2D eigenvalue weighted by Gasteiger charge is -2.12. The van der Waals surface area contributed by atoms with Crippen LogP contribution in [0.1, 0.15) is 48.6 Å². The van der Waals surface area contributed by atoms with E-state index in [-0.39, 0.29) is 0 Å². The maximum absolute atomic E-state index is 6.33. The summed E-state index contributed by atoms with van der Waals surface area (Å²) in [6.45, 7) is 14.3. The summed E-state index contributed by atoms with van der Waals surface area (Å²) in [6, 6.07) is 7.95. The van der Waals surface area contributed by atoms with Crippen LogP contribution in [0.15, 0.2) is 86.3 Å². The second kappa shape index (κ2) is 13.5. The first kappa shape index (κ1) is 28.6. The van der Waals surface area contributed by atoms with Crippen molar-refractivity contribution in [1.29, 1.82) is 0 Å². The summed E-state index contributed by atoms with van der Waals surface area (Å²) >= 11 is 0. The predicted octanol–water partition coefficient (Wildman–Crippen LogP) is 6.58. The van der Waals surface area contributed by atoms with Gasteiger partial charge in [-0.25, -0.2) is 4.98 Å². The van der Waals surface area contributed by atoms with Crippen LogP contribution >= 0.6 is 0 Å². The SMILES string of the molecule is C#C.C=C/C=C(/c1ccncc1)c1nc(Cc2cc(-c3cncc(NC(=C)CC(C)C)c3)ncc2N)[nH]c1C. The monoisotopic (exact) mass is 517 g/mol. The Morgan fingerprint density at radius 3 is 2.56 bits per heavy atom. The maximum atomic E-state index is 6.33. The van der Waals surface area contributed by atoms with Gasteiger partial charge in [0.2, 0.25) is 0 Å². The quantitative estimate of drug-likeness (QED) is 0.162. The Kier molecular flexibility index (Phi) is 9.94. The van der Waals surface area contributed by atoms with E-state index in [9.17, 15) is 0 Å². The van der Waals surface area contributed by atoms with Crippen LogP contribution in [0, 0.1) is 25.7 Å². The van der Waals surface area contributed by atoms with Gasteiger partial charge in [-0.05, 0) is 54.7 Å². The Labute approximate surface area is 231 Å². The van der Waals surface area contributed by atoms with Gasteiger partial charge in [0.1, 0.15) is 5.82 Å². The predicted molar refractivity (Wildman–Crippen MR) is 162 cm³/mol. The third kappa shape index (κ3) is 7.53. The summed E-state index contributed by atoms with van der Waals surface area (Å²) in [7, 11) is 0. The number of hydrogen-bond acceptors (Lipinski definition) is 6. The average Bonchev–Trinajstić information content (AvgIpc) is 3.29. The van der Waals surface area contributed by atoms with E-state index in [0.717, 1.165) is 63.0 Å². The molecule has 0 aliphatic heterocycles. The first-order valence-electron chi connectivity index (χ1n) is 12.6. The Bertz CT molecular complexity index is 1480. The number of H-pyrrole nitrogens is 1. The molecule has 4 heterocycles. The van der Waals surface area contributed by atoms with Crippen LogP contribution in [0.25, 0.3) is 16.8 Å². The molecular weight excluding hydrogens is 482 g/mol. The van der Waals surface area contributed by atoms with E-state index in [1.165, 1.54) is 0 Å². The lowest BCUT2D eigenvalue weighted by Crippen LogP contribution is -2.03. The second-order valence-corrected chi connectivity index (χ2v) is 9.44. The topological polar surface area (TPSA) is 105 Å². The number of nitrogen functional groups attached to an aromatic ring is 1. The molecule has 0 spiro atoms. The molecule has 4 aromatic heterocycles. The molecule has 0 saturated heterocycles. The molecule has 0 aromatic carbocycles. The lowest BCUT2D eigenvalue weighted by atomic mass is 10.0. The number of aryl methyl sites for hydroxylation is 1. The fraction of sp³-hybridized carbons (Fsp3) is 0.188. The first-order chi connectivity index (χ1) is 18.8. The van der Waals surface area contributed by atoms with Crippen molar-refractivity contribution in [2.45, 2.75) is 33.6 Å². The molecule has 0 aliphatic rings. The van der Waals surface area contributed by atoms with Crippen molar-refractivity contribution < 1.29 is 0 Å². The number of aromatic amines is 1. The Morgan fingerprint density at radius 2 is 1.87 bits per heavy atom. The Morgan fingerprint density at radius 1 is 1.13 bits per heavy atom.